The summed E-state index contributed by atoms with van der Waals surface area (Å²) < 4.78 is 6.79. The molecule has 42 heavy (non-hydrogen) atoms. The summed E-state index contributed by atoms with van der Waals surface area (Å²) in [7, 11) is 0. The standard InChI is InChI=1S/C28H21ClN8O5/c29-18-9-10-22(37-15-30-34-35-37)17(14-18)8-11-23(38)36-13-12-16-4-1-2-5-19(16)24(36)27(39)32-26-20-6-3-7-21(31-28(40)41)25(20)42-33-26/h1-11,14-15,24,31H,12-13H2,(H,40,41)(H,32,33,39). The number of carboxylic acid groups (broad SMARTS) is 1. The van der Waals surface area contributed by atoms with Crippen molar-refractivity contribution in [3.63, 3.8) is 0 Å². The first kappa shape index (κ1) is 26.7. The van der Waals surface area contributed by atoms with Gasteiger partial charge in [-0.25, -0.2) is 4.79 Å². The zero-order valence-corrected chi connectivity index (χ0v) is 22.4. The lowest BCUT2D eigenvalue weighted by Gasteiger charge is -2.35. The van der Waals surface area contributed by atoms with Crippen LogP contribution in [0.2, 0.25) is 5.02 Å². The highest BCUT2D eigenvalue weighted by Gasteiger charge is 2.35. The van der Waals surface area contributed by atoms with Crippen molar-refractivity contribution in [1.82, 2.24) is 30.3 Å². The number of amides is 3. The maximum absolute atomic E-state index is 13.8. The fraction of sp³-hybridized carbons (Fsp3) is 0.107. The maximum atomic E-state index is 13.8. The number of halogens is 1. The lowest BCUT2D eigenvalue weighted by atomic mass is 9.91. The van der Waals surface area contributed by atoms with Gasteiger partial charge in [-0.05, 0) is 64.4 Å². The summed E-state index contributed by atoms with van der Waals surface area (Å²) in [5, 5.41) is 30.2. The third kappa shape index (κ3) is 5.15. The lowest BCUT2D eigenvalue weighted by Crippen LogP contribution is -2.44. The van der Waals surface area contributed by atoms with Gasteiger partial charge in [0, 0.05) is 23.2 Å². The molecule has 14 heteroatoms. The molecule has 1 unspecified atom stereocenters. The molecule has 6 rings (SSSR count). The van der Waals surface area contributed by atoms with Crippen LogP contribution in [0.4, 0.5) is 16.3 Å². The van der Waals surface area contributed by atoms with Gasteiger partial charge in [-0.15, -0.1) is 5.10 Å². The molecule has 13 nitrogen and oxygen atoms in total. The molecule has 1 atom stereocenters. The van der Waals surface area contributed by atoms with Crippen LogP contribution in [-0.2, 0) is 16.0 Å². The van der Waals surface area contributed by atoms with Crippen molar-refractivity contribution in [2.75, 3.05) is 17.2 Å². The van der Waals surface area contributed by atoms with E-state index < -0.39 is 23.9 Å². The van der Waals surface area contributed by atoms with Gasteiger partial charge in [0.25, 0.3) is 5.91 Å². The smallest absolute Gasteiger partial charge is 0.409 e. The SMILES string of the molecule is O=C(O)Nc1cccc2c(NC(=O)C3c4ccccc4CCN3C(=O)C=Cc3cc(Cl)ccc3-n3cnnn3)noc12. The summed E-state index contributed by atoms with van der Waals surface area (Å²) in [6, 6.07) is 16.3. The molecular formula is C28H21ClN8O5. The number of carbonyl (C=O) groups excluding carboxylic acids is 2. The normalized spacial score (nSPS) is 14.6. The fourth-order valence-electron chi connectivity index (χ4n) is 4.93. The van der Waals surface area contributed by atoms with Crippen molar-refractivity contribution in [1.29, 1.82) is 0 Å². The number of hydrogen-bond acceptors (Lipinski definition) is 8. The van der Waals surface area contributed by atoms with Crippen molar-refractivity contribution in [2.45, 2.75) is 12.5 Å². The van der Waals surface area contributed by atoms with Gasteiger partial charge in [-0.3, -0.25) is 14.9 Å². The minimum atomic E-state index is -1.27. The second-order valence-corrected chi connectivity index (χ2v) is 9.74. The van der Waals surface area contributed by atoms with Gasteiger partial charge < -0.3 is 19.8 Å². The van der Waals surface area contributed by atoms with Crippen LogP contribution in [0.25, 0.3) is 22.7 Å². The third-order valence-corrected chi connectivity index (χ3v) is 7.02. The van der Waals surface area contributed by atoms with Crippen molar-refractivity contribution >= 4 is 58.1 Å². The molecule has 3 N–H and O–H groups in total. The zero-order valence-electron chi connectivity index (χ0n) is 21.6. The summed E-state index contributed by atoms with van der Waals surface area (Å²) in [6.07, 6.45) is 3.70. The second-order valence-electron chi connectivity index (χ2n) is 9.31. The first-order valence-electron chi connectivity index (χ1n) is 12.7. The van der Waals surface area contributed by atoms with Crippen molar-refractivity contribution < 1.29 is 24.0 Å². The highest BCUT2D eigenvalue weighted by Crippen LogP contribution is 2.34. The van der Waals surface area contributed by atoms with Gasteiger partial charge in [0.1, 0.15) is 12.4 Å². The molecule has 1 aliphatic rings. The van der Waals surface area contributed by atoms with Crippen molar-refractivity contribution in [2.24, 2.45) is 0 Å². The molecule has 1 aliphatic heterocycles. The summed E-state index contributed by atoms with van der Waals surface area (Å²) in [6.45, 7) is 0.292. The largest absolute Gasteiger partial charge is 0.465 e. The van der Waals surface area contributed by atoms with E-state index in [-0.39, 0.29) is 17.1 Å². The Balaban J connectivity index is 1.31. The molecule has 3 aromatic carbocycles. The summed E-state index contributed by atoms with van der Waals surface area (Å²) in [5.41, 5.74) is 3.18. The number of aromatic nitrogens is 5. The molecule has 0 saturated heterocycles. The Bertz CT molecular complexity index is 1850. The van der Waals surface area contributed by atoms with E-state index in [1.165, 1.54) is 28.1 Å². The Morgan fingerprint density at radius 2 is 1.93 bits per heavy atom. The molecule has 0 radical (unpaired) electrons. The van der Waals surface area contributed by atoms with Crippen LogP contribution in [0.5, 0.6) is 0 Å². The van der Waals surface area contributed by atoms with Gasteiger partial charge in [-0.1, -0.05) is 47.1 Å². The molecule has 0 saturated carbocycles. The molecule has 2 aromatic heterocycles. The van der Waals surface area contributed by atoms with Gasteiger partial charge in [0.15, 0.2) is 11.4 Å². The molecule has 210 valence electrons. The van der Waals surface area contributed by atoms with E-state index in [2.05, 4.69) is 31.3 Å². The topological polar surface area (TPSA) is 168 Å². The molecule has 0 fully saturated rings. The van der Waals surface area contributed by atoms with Crippen LogP contribution in [0, 0.1) is 0 Å². The number of anilines is 2. The quantitative estimate of drug-likeness (QED) is 0.246. The van der Waals surface area contributed by atoms with Gasteiger partial charge in [-0.2, -0.15) is 4.68 Å². The maximum Gasteiger partial charge on any atom is 0.409 e. The Labute approximate surface area is 242 Å². The fourth-order valence-corrected chi connectivity index (χ4v) is 5.11. The Kier molecular flexibility index (Phi) is 7.07. The van der Waals surface area contributed by atoms with Crippen LogP contribution in [0.1, 0.15) is 22.7 Å². The minimum absolute atomic E-state index is 0.0973. The van der Waals surface area contributed by atoms with E-state index in [0.29, 0.717) is 40.2 Å². The van der Waals surface area contributed by atoms with E-state index in [1.807, 2.05) is 24.3 Å². The predicted octanol–water partition coefficient (Wildman–Crippen LogP) is 4.32. The zero-order chi connectivity index (χ0) is 29.2. The highest BCUT2D eigenvalue weighted by atomic mass is 35.5. The number of rotatable bonds is 6. The first-order chi connectivity index (χ1) is 20.4. The molecular weight excluding hydrogens is 564 g/mol. The summed E-state index contributed by atoms with van der Waals surface area (Å²) in [4.78, 5) is 40.1. The number of nitrogens with zero attached hydrogens (tertiary/aromatic N) is 6. The van der Waals surface area contributed by atoms with Gasteiger partial charge >= 0.3 is 6.09 Å². The molecule has 0 spiro atoms. The van der Waals surface area contributed by atoms with E-state index in [1.54, 1.807) is 36.4 Å². The van der Waals surface area contributed by atoms with Crippen LogP contribution in [-0.4, -0.2) is 59.8 Å². The lowest BCUT2D eigenvalue weighted by molar-refractivity contribution is -0.135. The number of para-hydroxylation sites is 1. The van der Waals surface area contributed by atoms with Crippen LogP contribution in [0.3, 0.4) is 0 Å². The molecule has 0 aliphatic carbocycles. The summed E-state index contributed by atoms with van der Waals surface area (Å²) in [5.74, 6) is -0.807. The van der Waals surface area contributed by atoms with Gasteiger partial charge in [0.2, 0.25) is 5.91 Å². The second kappa shape index (κ2) is 11.1. The average Bonchev–Trinajstić information content (AvgIpc) is 3.66. The molecule has 0 bridgehead atoms. The number of benzene rings is 3. The Morgan fingerprint density at radius 1 is 1.07 bits per heavy atom. The van der Waals surface area contributed by atoms with E-state index >= 15 is 0 Å². The van der Waals surface area contributed by atoms with Crippen molar-refractivity contribution in [3.8, 4) is 5.69 Å². The number of nitrogens with one attached hydrogen (secondary N) is 2. The minimum Gasteiger partial charge on any atom is -0.465 e. The van der Waals surface area contributed by atoms with Crippen LogP contribution >= 0.6 is 11.6 Å². The van der Waals surface area contributed by atoms with Crippen LogP contribution in [0.15, 0.2) is 77.6 Å². The number of hydrogen-bond donors (Lipinski definition) is 3. The Hall–Kier alpha value is -5.56. The molecule has 3 amide bonds. The predicted molar refractivity (Wildman–Crippen MR) is 152 cm³/mol. The van der Waals surface area contributed by atoms with Crippen molar-refractivity contribution in [3.05, 3.63) is 94.8 Å². The molecule has 5 aromatic rings. The summed E-state index contributed by atoms with van der Waals surface area (Å²) >= 11 is 6.22. The Morgan fingerprint density at radius 3 is 2.74 bits per heavy atom. The number of carbonyl (C=O) groups is 3. The van der Waals surface area contributed by atoms with Crippen LogP contribution < -0.4 is 10.6 Å². The van der Waals surface area contributed by atoms with E-state index in [4.69, 9.17) is 21.2 Å². The molecule has 3 heterocycles. The van der Waals surface area contributed by atoms with Gasteiger partial charge in [0.05, 0.1) is 16.8 Å². The highest BCUT2D eigenvalue weighted by molar-refractivity contribution is 6.30. The monoisotopic (exact) mass is 584 g/mol. The first-order valence-corrected chi connectivity index (χ1v) is 13.1. The average molecular weight is 585 g/mol. The number of fused-ring (bicyclic) bond motifs is 2. The van der Waals surface area contributed by atoms with E-state index in [9.17, 15) is 14.4 Å². The number of tetrazole rings is 1. The third-order valence-electron chi connectivity index (χ3n) is 6.79. The van der Waals surface area contributed by atoms with E-state index in [0.717, 1.165) is 5.56 Å².